The van der Waals surface area contributed by atoms with Crippen LogP contribution in [0.15, 0.2) is 42.5 Å². The smallest absolute Gasteiger partial charge is 0.232 e. The van der Waals surface area contributed by atoms with Crippen molar-refractivity contribution in [2.45, 2.75) is 12.3 Å². The maximum Gasteiger partial charge on any atom is 0.232 e. The lowest BCUT2D eigenvalue weighted by molar-refractivity contribution is -0.127. The molecule has 2 nitrogen and oxygen atoms in total. The largest absolute Gasteiger partial charge is 0.341 e. The average molecular weight is 389 g/mol. The van der Waals surface area contributed by atoms with E-state index in [9.17, 15) is 4.79 Å². The van der Waals surface area contributed by atoms with Crippen LogP contribution in [-0.4, -0.2) is 23.6 Å². The van der Waals surface area contributed by atoms with E-state index in [4.69, 9.17) is 34.8 Å². The van der Waals surface area contributed by atoms with Crippen LogP contribution in [0, 0.1) is 0 Å². The first kappa shape index (κ1) is 18.5. The molecule has 0 aliphatic carbocycles. The fourth-order valence-electron chi connectivity index (χ4n) is 1.97. The highest BCUT2D eigenvalue weighted by molar-refractivity contribution is 7.99. The van der Waals surface area contributed by atoms with Crippen LogP contribution in [0.25, 0.3) is 0 Å². The first-order valence-electron chi connectivity index (χ1n) is 6.96. The third-order valence-corrected chi connectivity index (χ3v) is 5.20. The fraction of sp³-hybridized carbons (Fsp3) is 0.235. The van der Waals surface area contributed by atoms with Crippen LogP contribution in [0.4, 0.5) is 0 Å². The summed E-state index contributed by atoms with van der Waals surface area (Å²) in [5.74, 6) is 1.05. The molecular formula is C17H16Cl3NOS. The third kappa shape index (κ3) is 5.61. The van der Waals surface area contributed by atoms with Crippen LogP contribution >= 0.6 is 46.6 Å². The number of hydrogen-bond donors (Lipinski definition) is 0. The number of halogens is 3. The molecule has 0 aliphatic heterocycles. The molecule has 0 atom stereocenters. The second-order valence-electron chi connectivity index (χ2n) is 5.07. The summed E-state index contributed by atoms with van der Waals surface area (Å²) in [4.78, 5) is 13.9. The van der Waals surface area contributed by atoms with E-state index in [1.165, 1.54) is 11.8 Å². The molecule has 0 heterocycles. The van der Waals surface area contributed by atoms with E-state index < -0.39 is 0 Å². The molecule has 0 N–H and O–H groups in total. The lowest BCUT2D eigenvalue weighted by Gasteiger charge is -2.17. The second kappa shape index (κ2) is 8.84. The molecule has 0 unspecified atom stereocenters. The van der Waals surface area contributed by atoms with Crippen LogP contribution in [0.1, 0.15) is 11.1 Å². The summed E-state index contributed by atoms with van der Waals surface area (Å²) in [6.45, 7) is 0.559. The van der Waals surface area contributed by atoms with Gasteiger partial charge in [-0.15, -0.1) is 11.8 Å². The van der Waals surface area contributed by atoms with Crippen LogP contribution in [0.5, 0.6) is 0 Å². The Balaban J connectivity index is 1.83. The van der Waals surface area contributed by atoms with Crippen molar-refractivity contribution in [2.24, 2.45) is 0 Å². The molecule has 0 saturated heterocycles. The molecule has 0 radical (unpaired) electrons. The Morgan fingerprint density at radius 1 is 1.04 bits per heavy atom. The van der Waals surface area contributed by atoms with E-state index in [1.807, 2.05) is 30.3 Å². The van der Waals surface area contributed by atoms with E-state index in [0.29, 0.717) is 33.1 Å². The zero-order valence-electron chi connectivity index (χ0n) is 12.6. The van der Waals surface area contributed by atoms with Gasteiger partial charge in [-0.25, -0.2) is 0 Å². The number of carbonyl (C=O) groups excluding carboxylic acids is 1. The fourth-order valence-corrected chi connectivity index (χ4v) is 3.80. The third-order valence-electron chi connectivity index (χ3n) is 3.29. The van der Waals surface area contributed by atoms with Gasteiger partial charge in [0.05, 0.1) is 5.75 Å². The monoisotopic (exact) mass is 387 g/mol. The van der Waals surface area contributed by atoms with E-state index >= 15 is 0 Å². The maximum absolute atomic E-state index is 12.2. The van der Waals surface area contributed by atoms with Gasteiger partial charge in [-0.05, 0) is 35.4 Å². The highest BCUT2D eigenvalue weighted by Crippen LogP contribution is 2.28. The zero-order chi connectivity index (χ0) is 16.8. The summed E-state index contributed by atoms with van der Waals surface area (Å²) in [6, 6.07) is 12.9. The number of benzene rings is 2. The minimum Gasteiger partial charge on any atom is -0.341 e. The Morgan fingerprint density at radius 3 is 2.26 bits per heavy atom. The summed E-state index contributed by atoms with van der Waals surface area (Å²) in [5, 5.41) is 1.95. The Labute approximate surface area is 155 Å². The molecule has 122 valence electrons. The predicted molar refractivity (Wildman–Crippen MR) is 101 cm³/mol. The molecule has 0 saturated carbocycles. The van der Waals surface area contributed by atoms with Crippen molar-refractivity contribution in [2.75, 3.05) is 12.8 Å². The summed E-state index contributed by atoms with van der Waals surface area (Å²) in [7, 11) is 1.79. The molecule has 2 aromatic carbocycles. The molecule has 1 amide bonds. The van der Waals surface area contributed by atoms with E-state index in [2.05, 4.69) is 0 Å². The molecule has 23 heavy (non-hydrogen) atoms. The van der Waals surface area contributed by atoms with Gasteiger partial charge in [-0.3, -0.25) is 4.79 Å². The number of amides is 1. The van der Waals surface area contributed by atoms with E-state index in [1.54, 1.807) is 24.1 Å². The summed E-state index contributed by atoms with van der Waals surface area (Å²) >= 11 is 19.6. The first-order valence-corrected chi connectivity index (χ1v) is 9.25. The van der Waals surface area contributed by atoms with Gasteiger partial charge in [-0.1, -0.05) is 53.0 Å². The molecule has 0 bridgehead atoms. The minimum absolute atomic E-state index is 0.0631. The van der Waals surface area contributed by atoms with Crippen LogP contribution in [-0.2, 0) is 17.1 Å². The summed E-state index contributed by atoms with van der Waals surface area (Å²) in [6.07, 6.45) is 0. The van der Waals surface area contributed by atoms with Crippen molar-refractivity contribution in [1.82, 2.24) is 4.90 Å². The molecule has 0 spiro atoms. The second-order valence-corrected chi connectivity index (χ2v) is 7.31. The SMILES string of the molecule is CN(Cc1ccc(Cl)cc1)C(=O)CSCc1c(Cl)cccc1Cl. The van der Waals surface area contributed by atoms with Crippen molar-refractivity contribution in [1.29, 1.82) is 0 Å². The van der Waals surface area contributed by atoms with Gasteiger partial charge in [0.1, 0.15) is 0 Å². The van der Waals surface area contributed by atoms with E-state index in [-0.39, 0.29) is 5.91 Å². The standard InChI is InChI=1S/C17H16Cl3NOS/c1-21(9-12-5-7-13(18)8-6-12)17(22)11-23-10-14-15(19)3-2-4-16(14)20/h2-8H,9-11H2,1H3. The molecule has 2 aromatic rings. The molecule has 2 rings (SSSR count). The topological polar surface area (TPSA) is 20.3 Å². The number of carbonyl (C=O) groups is 1. The number of hydrogen-bond acceptors (Lipinski definition) is 2. The number of nitrogens with zero attached hydrogens (tertiary/aromatic N) is 1. The van der Waals surface area contributed by atoms with E-state index in [0.717, 1.165) is 11.1 Å². The van der Waals surface area contributed by atoms with Gasteiger partial charge in [-0.2, -0.15) is 0 Å². The van der Waals surface area contributed by atoms with Gasteiger partial charge < -0.3 is 4.90 Å². The van der Waals surface area contributed by atoms with Gasteiger partial charge in [0.25, 0.3) is 0 Å². The van der Waals surface area contributed by atoms with Crippen molar-refractivity contribution in [3.05, 3.63) is 68.7 Å². The highest BCUT2D eigenvalue weighted by atomic mass is 35.5. The predicted octanol–water partition coefficient (Wildman–Crippen LogP) is 5.54. The van der Waals surface area contributed by atoms with Crippen molar-refractivity contribution < 1.29 is 4.79 Å². The van der Waals surface area contributed by atoms with Gasteiger partial charge in [0.2, 0.25) is 5.91 Å². The number of rotatable bonds is 6. The van der Waals surface area contributed by atoms with Crippen molar-refractivity contribution >= 4 is 52.5 Å². The minimum atomic E-state index is 0.0631. The Bertz CT molecular complexity index is 656. The summed E-state index contributed by atoms with van der Waals surface area (Å²) in [5.41, 5.74) is 1.92. The van der Waals surface area contributed by atoms with Crippen LogP contribution < -0.4 is 0 Å². The maximum atomic E-state index is 12.2. The summed E-state index contributed by atoms with van der Waals surface area (Å²) < 4.78 is 0. The highest BCUT2D eigenvalue weighted by Gasteiger charge is 2.11. The Kier molecular flexibility index (Phi) is 7.09. The Hall–Kier alpha value is -0.870. The molecule has 0 fully saturated rings. The molecule has 0 aliphatic rings. The molecule has 0 aromatic heterocycles. The van der Waals surface area contributed by atoms with Gasteiger partial charge in [0, 0.05) is 34.4 Å². The lowest BCUT2D eigenvalue weighted by atomic mass is 10.2. The normalized spacial score (nSPS) is 10.6. The van der Waals surface area contributed by atoms with Crippen LogP contribution in [0.2, 0.25) is 15.1 Å². The van der Waals surface area contributed by atoms with Gasteiger partial charge >= 0.3 is 0 Å². The molecule has 6 heteroatoms. The number of thioether (sulfide) groups is 1. The Morgan fingerprint density at radius 2 is 1.65 bits per heavy atom. The van der Waals surface area contributed by atoms with Crippen LogP contribution in [0.3, 0.4) is 0 Å². The average Bonchev–Trinajstić information content (AvgIpc) is 2.52. The zero-order valence-corrected chi connectivity index (χ0v) is 15.6. The van der Waals surface area contributed by atoms with Gasteiger partial charge in [0.15, 0.2) is 0 Å². The van der Waals surface area contributed by atoms with Crippen molar-refractivity contribution in [3.8, 4) is 0 Å². The first-order chi connectivity index (χ1) is 11.0. The lowest BCUT2D eigenvalue weighted by Crippen LogP contribution is -2.27. The molecular weight excluding hydrogens is 373 g/mol. The van der Waals surface area contributed by atoms with Crippen molar-refractivity contribution in [3.63, 3.8) is 0 Å². The quantitative estimate of drug-likeness (QED) is 0.647.